The molecule has 0 fully saturated rings. The Morgan fingerprint density at radius 3 is 1.40 bits per heavy atom. The molecule has 4 heterocycles. The van der Waals surface area contributed by atoms with Crippen LogP contribution in [0.4, 0.5) is 0 Å². The number of pyridine rings is 4. The molecule has 0 radical (unpaired) electrons. The van der Waals surface area contributed by atoms with Crippen LogP contribution < -0.4 is 4.74 Å². The molecule has 6 heteroatoms. The van der Waals surface area contributed by atoms with Crippen LogP contribution in [0.1, 0.15) is 52.7 Å². The molecule has 0 amide bonds. The van der Waals surface area contributed by atoms with Gasteiger partial charge in [-0.2, -0.15) is 0 Å². The number of aromatic nitrogens is 4. The van der Waals surface area contributed by atoms with E-state index in [1.807, 2.05) is 49.1 Å². The van der Waals surface area contributed by atoms with Crippen LogP contribution in [0.25, 0.3) is 44.1 Å². The van der Waals surface area contributed by atoms with Crippen LogP contribution in [0, 0.1) is 12.1 Å². The number of nitrogens with zero attached hydrogens (tertiary/aromatic N) is 4. The van der Waals surface area contributed by atoms with E-state index < -0.39 is 0 Å². The first-order valence-corrected chi connectivity index (χ1v) is 13.8. The van der Waals surface area contributed by atoms with Gasteiger partial charge in [-0.25, -0.2) is 0 Å². The maximum absolute atomic E-state index is 6.49. The normalized spacial score (nSPS) is 11.9. The summed E-state index contributed by atoms with van der Waals surface area (Å²) >= 11 is 0. The SMILES string of the molecule is CC(C)(C)c1ccnc(-c2[c-]c(Oc3[c-]c(-c4cc(C(C)(C)C)ccn4)c4ccncc4c3)cc3cnccc23)c1.[Pt+2]. The van der Waals surface area contributed by atoms with E-state index in [0.29, 0.717) is 11.5 Å². The van der Waals surface area contributed by atoms with E-state index in [9.17, 15) is 0 Å². The van der Waals surface area contributed by atoms with Gasteiger partial charge in [-0.05, 0) is 45.5 Å². The van der Waals surface area contributed by atoms with Gasteiger partial charge in [0.15, 0.2) is 0 Å². The Balaban J connectivity index is 0.00000353. The minimum Gasteiger partial charge on any atom is -0.497 e. The number of rotatable bonds is 4. The molecule has 0 aliphatic heterocycles. The van der Waals surface area contributed by atoms with Gasteiger partial charge in [0.05, 0.1) is 0 Å². The Labute approximate surface area is 261 Å². The molecule has 0 atom stereocenters. The Kier molecular flexibility index (Phi) is 8.00. The maximum Gasteiger partial charge on any atom is 2.00 e. The minimum atomic E-state index is -0.00796. The third kappa shape index (κ3) is 5.98. The quantitative estimate of drug-likeness (QED) is 0.170. The van der Waals surface area contributed by atoms with Gasteiger partial charge >= 0.3 is 21.1 Å². The van der Waals surface area contributed by atoms with Crippen molar-refractivity contribution in [2.75, 3.05) is 0 Å². The molecule has 0 saturated carbocycles. The molecular formula is C36H32N4OPt. The van der Waals surface area contributed by atoms with Gasteiger partial charge < -0.3 is 14.7 Å². The molecule has 0 unspecified atom stereocenters. The van der Waals surface area contributed by atoms with E-state index in [-0.39, 0.29) is 31.9 Å². The minimum absolute atomic E-state index is 0. The van der Waals surface area contributed by atoms with E-state index in [4.69, 9.17) is 14.7 Å². The van der Waals surface area contributed by atoms with Gasteiger partial charge in [0.1, 0.15) is 0 Å². The third-order valence-electron chi connectivity index (χ3n) is 7.30. The first-order chi connectivity index (χ1) is 19.6. The average molecular weight is 732 g/mol. The monoisotopic (exact) mass is 731 g/mol. The topological polar surface area (TPSA) is 60.8 Å². The predicted octanol–water partition coefficient (Wildman–Crippen LogP) is 8.89. The molecule has 0 bridgehead atoms. The zero-order chi connectivity index (χ0) is 28.8. The van der Waals surface area contributed by atoms with Crippen LogP contribution in [0.3, 0.4) is 0 Å². The Bertz CT molecular complexity index is 1770. The fraction of sp³-hybridized carbons (Fsp3) is 0.222. The first kappa shape index (κ1) is 29.5. The largest absolute Gasteiger partial charge is 2.00 e. The number of fused-ring (bicyclic) bond motifs is 2. The van der Waals surface area contributed by atoms with Gasteiger partial charge in [0, 0.05) is 48.7 Å². The molecule has 6 aromatic rings. The summed E-state index contributed by atoms with van der Waals surface area (Å²) in [4.78, 5) is 18.1. The molecule has 0 saturated heterocycles. The summed E-state index contributed by atoms with van der Waals surface area (Å²) in [5.74, 6) is 1.12. The van der Waals surface area contributed by atoms with Crippen molar-refractivity contribution in [2.45, 2.75) is 52.4 Å². The van der Waals surface area contributed by atoms with Crippen molar-refractivity contribution in [3.8, 4) is 34.0 Å². The zero-order valence-corrected chi connectivity index (χ0v) is 26.9. The fourth-order valence-electron chi connectivity index (χ4n) is 4.93. The average Bonchev–Trinajstić information content (AvgIpc) is 2.95. The molecule has 5 nitrogen and oxygen atoms in total. The third-order valence-corrected chi connectivity index (χ3v) is 7.30. The summed E-state index contributed by atoms with van der Waals surface area (Å²) in [7, 11) is 0. The van der Waals surface area contributed by atoms with Crippen molar-refractivity contribution in [3.05, 3.63) is 109 Å². The van der Waals surface area contributed by atoms with Crippen molar-refractivity contribution in [1.82, 2.24) is 19.9 Å². The van der Waals surface area contributed by atoms with Gasteiger partial charge in [-0.3, -0.25) is 9.97 Å². The second-order valence-corrected chi connectivity index (χ2v) is 12.4. The van der Waals surface area contributed by atoms with Crippen LogP contribution in [-0.2, 0) is 31.9 Å². The van der Waals surface area contributed by atoms with Crippen LogP contribution in [0.5, 0.6) is 11.5 Å². The maximum atomic E-state index is 6.49. The number of hydrogen-bond acceptors (Lipinski definition) is 5. The fourth-order valence-corrected chi connectivity index (χ4v) is 4.93. The van der Waals surface area contributed by atoms with Crippen LogP contribution in [0.15, 0.2) is 85.7 Å². The van der Waals surface area contributed by atoms with E-state index in [2.05, 4.69) is 87.9 Å². The number of benzene rings is 2. The smallest absolute Gasteiger partial charge is 0.497 e. The number of ether oxygens (including phenoxy) is 1. The Hall–Kier alpha value is -3.95. The van der Waals surface area contributed by atoms with Crippen molar-refractivity contribution >= 4 is 21.5 Å². The summed E-state index contributed by atoms with van der Waals surface area (Å²) in [6.45, 7) is 13.2. The van der Waals surface area contributed by atoms with Crippen molar-refractivity contribution in [3.63, 3.8) is 0 Å². The molecule has 0 aliphatic carbocycles. The van der Waals surface area contributed by atoms with Crippen molar-refractivity contribution in [2.24, 2.45) is 0 Å². The van der Waals surface area contributed by atoms with Crippen LogP contribution >= 0.6 is 0 Å². The second-order valence-electron chi connectivity index (χ2n) is 12.4. The standard InChI is InChI=1S/C36H32N4O.Pt/c1-35(2,3)25-7-13-39-33(17-25)31-19-27(15-23-21-37-11-9-29(23)31)41-28-16-24-22-38-12-10-30(24)32(20-28)34-18-26(8-14-40-34)36(4,5)6;/h7-18,21-22H,1-6H3;/q-2;+2. The van der Waals surface area contributed by atoms with E-state index in [1.165, 1.54) is 11.1 Å². The first-order valence-electron chi connectivity index (χ1n) is 13.8. The molecule has 42 heavy (non-hydrogen) atoms. The summed E-state index contributed by atoms with van der Waals surface area (Å²) in [6.07, 6.45) is 11.0. The molecule has 212 valence electrons. The molecule has 2 aromatic carbocycles. The molecule has 0 aliphatic rings. The Morgan fingerprint density at radius 1 is 0.571 bits per heavy atom. The van der Waals surface area contributed by atoms with Gasteiger partial charge in [-0.1, -0.05) is 112 Å². The van der Waals surface area contributed by atoms with Crippen molar-refractivity contribution < 1.29 is 25.8 Å². The summed E-state index contributed by atoms with van der Waals surface area (Å²) in [5.41, 5.74) is 5.81. The summed E-state index contributed by atoms with van der Waals surface area (Å²) in [5, 5.41) is 3.92. The molecule has 6 rings (SSSR count). The predicted molar refractivity (Wildman–Crippen MR) is 165 cm³/mol. The van der Waals surface area contributed by atoms with Crippen LogP contribution in [-0.4, -0.2) is 19.9 Å². The van der Waals surface area contributed by atoms with E-state index in [0.717, 1.165) is 44.1 Å². The molecule has 0 spiro atoms. The van der Waals surface area contributed by atoms with E-state index >= 15 is 0 Å². The summed E-state index contributed by atoms with van der Waals surface area (Å²) in [6, 6.07) is 23.3. The van der Waals surface area contributed by atoms with Gasteiger partial charge in [-0.15, -0.1) is 11.1 Å². The molecule has 4 aromatic heterocycles. The Morgan fingerprint density at radius 2 is 1.00 bits per heavy atom. The van der Waals surface area contributed by atoms with Crippen molar-refractivity contribution in [1.29, 1.82) is 0 Å². The van der Waals surface area contributed by atoms with Crippen LogP contribution in [0.2, 0.25) is 0 Å². The molecular weight excluding hydrogens is 700 g/mol. The van der Waals surface area contributed by atoms with E-state index in [1.54, 1.807) is 12.4 Å². The van der Waals surface area contributed by atoms with Gasteiger partial charge in [0.2, 0.25) is 0 Å². The second kappa shape index (κ2) is 11.4. The zero-order valence-electron chi connectivity index (χ0n) is 24.6. The number of hydrogen-bond donors (Lipinski definition) is 0. The molecule has 0 N–H and O–H groups in total. The summed E-state index contributed by atoms with van der Waals surface area (Å²) < 4.78 is 6.49. The van der Waals surface area contributed by atoms with Gasteiger partial charge in [0.25, 0.3) is 0 Å².